The van der Waals surface area contributed by atoms with E-state index in [0.717, 1.165) is 12.1 Å². The SMILES string of the molecule is Cc1cc(NC(=O)CN[C@H]2CCO[C@H]2c2ccc(F)c(F)c2)no1. The second-order valence-corrected chi connectivity index (χ2v) is 5.61. The van der Waals surface area contributed by atoms with Gasteiger partial charge < -0.3 is 19.9 Å². The van der Waals surface area contributed by atoms with Crippen LogP contribution in [-0.2, 0) is 9.53 Å². The number of anilines is 1. The molecule has 24 heavy (non-hydrogen) atoms. The largest absolute Gasteiger partial charge is 0.372 e. The van der Waals surface area contributed by atoms with Gasteiger partial charge in [0.05, 0.1) is 12.6 Å². The number of carbonyl (C=O) groups is 1. The second kappa shape index (κ2) is 7.06. The number of nitrogens with one attached hydrogen (secondary N) is 2. The number of aromatic nitrogens is 1. The predicted octanol–water partition coefficient (Wildman–Crippen LogP) is 2.32. The predicted molar refractivity (Wildman–Crippen MR) is 81.3 cm³/mol. The second-order valence-electron chi connectivity index (χ2n) is 5.61. The third kappa shape index (κ3) is 3.77. The summed E-state index contributed by atoms with van der Waals surface area (Å²) >= 11 is 0. The van der Waals surface area contributed by atoms with Gasteiger partial charge in [0.2, 0.25) is 5.91 Å². The quantitative estimate of drug-likeness (QED) is 0.876. The number of hydrogen-bond acceptors (Lipinski definition) is 5. The lowest BCUT2D eigenvalue weighted by Gasteiger charge is -2.20. The summed E-state index contributed by atoms with van der Waals surface area (Å²) in [6.45, 7) is 2.24. The van der Waals surface area contributed by atoms with Crippen molar-refractivity contribution in [3.8, 4) is 0 Å². The van der Waals surface area contributed by atoms with Crippen molar-refractivity contribution in [3.63, 3.8) is 0 Å². The molecule has 1 fully saturated rings. The molecule has 0 radical (unpaired) electrons. The molecule has 2 heterocycles. The molecule has 128 valence electrons. The van der Waals surface area contributed by atoms with Crippen LogP contribution in [0.3, 0.4) is 0 Å². The summed E-state index contributed by atoms with van der Waals surface area (Å²) in [6.07, 6.45) is 0.238. The van der Waals surface area contributed by atoms with Crippen LogP contribution in [0.4, 0.5) is 14.6 Å². The van der Waals surface area contributed by atoms with Crippen molar-refractivity contribution in [3.05, 3.63) is 47.2 Å². The topological polar surface area (TPSA) is 76.4 Å². The van der Waals surface area contributed by atoms with Crippen LogP contribution in [0.5, 0.6) is 0 Å². The Balaban J connectivity index is 1.57. The van der Waals surface area contributed by atoms with E-state index in [0.29, 0.717) is 30.2 Å². The molecule has 2 aromatic rings. The first-order chi connectivity index (χ1) is 11.5. The molecule has 0 saturated carbocycles. The lowest BCUT2D eigenvalue weighted by atomic mass is 10.0. The molecule has 1 aliphatic rings. The van der Waals surface area contributed by atoms with Gasteiger partial charge in [-0.3, -0.25) is 4.79 Å². The van der Waals surface area contributed by atoms with Crippen molar-refractivity contribution in [2.75, 3.05) is 18.5 Å². The maximum absolute atomic E-state index is 13.4. The lowest BCUT2D eigenvalue weighted by Crippen LogP contribution is -2.37. The maximum atomic E-state index is 13.4. The molecule has 1 aliphatic heterocycles. The third-order valence-electron chi connectivity index (χ3n) is 3.78. The fourth-order valence-electron chi connectivity index (χ4n) is 2.65. The molecule has 0 aliphatic carbocycles. The van der Waals surface area contributed by atoms with E-state index in [9.17, 15) is 13.6 Å². The Bertz CT molecular complexity index is 735. The zero-order chi connectivity index (χ0) is 17.1. The molecule has 1 amide bonds. The Morgan fingerprint density at radius 2 is 2.17 bits per heavy atom. The van der Waals surface area contributed by atoms with E-state index >= 15 is 0 Å². The fraction of sp³-hybridized carbons (Fsp3) is 0.375. The summed E-state index contributed by atoms with van der Waals surface area (Å²) in [5, 5.41) is 9.36. The van der Waals surface area contributed by atoms with Crippen LogP contribution in [0.2, 0.25) is 0 Å². The molecule has 0 bridgehead atoms. The Kier molecular flexibility index (Phi) is 4.86. The summed E-state index contributed by atoms with van der Waals surface area (Å²) in [6, 6.07) is 5.13. The van der Waals surface area contributed by atoms with E-state index in [2.05, 4.69) is 15.8 Å². The van der Waals surface area contributed by atoms with Crippen molar-refractivity contribution in [2.45, 2.75) is 25.5 Å². The molecule has 1 aromatic heterocycles. The van der Waals surface area contributed by atoms with Crippen molar-refractivity contribution in [2.24, 2.45) is 0 Å². The van der Waals surface area contributed by atoms with E-state index in [-0.39, 0.29) is 18.5 Å². The molecule has 8 heteroatoms. The molecular weight excluding hydrogens is 320 g/mol. The average molecular weight is 337 g/mol. The monoisotopic (exact) mass is 337 g/mol. The van der Waals surface area contributed by atoms with Crippen LogP contribution < -0.4 is 10.6 Å². The highest BCUT2D eigenvalue weighted by atomic mass is 19.2. The number of halogens is 2. The number of benzene rings is 1. The lowest BCUT2D eigenvalue weighted by molar-refractivity contribution is -0.115. The first-order valence-corrected chi connectivity index (χ1v) is 7.56. The Morgan fingerprint density at radius 1 is 1.33 bits per heavy atom. The minimum atomic E-state index is -0.916. The number of rotatable bonds is 5. The van der Waals surface area contributed by atoms with Crippen LogP contribution in [0, 0.1) is 18.6 Å². The molecule has 3 rings (SSSR count). The van der Waals surface area contributed by atoms with Gasteiger partial charge in [-0.05, 0) is 31.0 Å². The first-order valence-electron chi connectivity index (χ1n) is 7.56. The zero-order valence-electron chi connectivity index (χ0n) is 13.0. The molecule has 6 nitrogen and oxygen atoms in total. The van der Waals surface area contributed by atoms with Crippen LogP contribution in [-0.4, -0.2) is 30.3 Å². The van der Waals surface area contributed by atoms with Crippen LogP contribution in [0.1, 0.15) is 23.8 Å². The van der Waals surface area contributed by atoms with Gasteiger partial charge in [-0.15, -0.1) is 0 Å². The normalized spacial score (nSPS) is 20.3. The molecular formula is C16H17F2N3O3. The number of ether oxygens (including phenoxy) is 1. The van der Waals surface area contributed by atoms with Gasteiger partial charge in [0.15, 0.2) is 17.5 Å². The minimum absolute atomic E-state index is 0.0418. The van der Waals surface area contributed by atoms with Crippen molar-refractivity contribution >= 4 is 11.7 Å². The van der Waals surface area contributed by atoms with Crippen molar-refractivity contribution in [1.29, 1.82) is 0 Å². The van der Waals surface area contributed by atoms with Crippen LogP contribution in [0.15, 0.2) is 28.8 Å². The highest BCUT2D eigenvalue weighted by Gasteiger charge is 2.30. The Labute approximate surface area is 137 Å². The summed E-state index contributed by atoms with van der Waals surface area (Å²) in [5.74, 6) is -1.15. The summed E-state index contributed by atoms with van der Waals surface area (Å²) in [4.78, 5) is 11.9. The molecule has 0 unspecified atom stereocenters. The summed E-state index contributed by atoms with van der Waals surface area (Å²) in [5.41, 5.74) is 0.538. The number of carbonyl (C=O) groups excluding carboxylic acids is 1. The molecule has 1 saturated heterocycles. The van der Waals surface area contributed by atoms with Gasteiger partial charge in [0.1, 0.15) is 5.76 Å². The van der Waals surface area contributed by atoms with Gasteiger partial charge >= 0.3 is 0 Å². The zero-order valence-corrected chi connectivity index (χ0v) is 13.0. The maximum Gasteiger partial charge on any atom is 0.239 e. The average Bonchev–Trinajstić information content (AvgIpc) is 3.17. The van der Waals surface area contributed by atoms with E-state index in [4.69, 9.17) is 9.26 Å². The highest BCUT2D eigenvalue weighted by molar-refractivity contribution is 5.91. The molecule has 2 N–H and O–H groups in total. The minimum Gasteiger partial charge on any atom is -0.372 e. The van der Waals surface area contributed by atoms with Gasteiger partial charge in [0.25, 0.3) is 0 Å². The Morgan fingerprint density at radius 3 is 2.88 bits per heavy atom. The van der Waals surface area contributed by atoms with E-state index in [1.807, 2.05) is 0 Å². The van der Waals surface area contributed by atoms with E-state index < -0.39 is 17.7 Å². The standard InChI is InChI=1S/C16H17F2N3O3/c1-9-6-14(21-24-9)20-15(22)8-19-13-4-5-23-16(13)10-2-3-11(17)12(18)7-10/h2-3,6-7,13,16,19H,4-5,8H2,1H3,(H,20,21,22)/t13-,16-/m0/s1. The third-order valence-corrected chi connectivity index (χ3v) is 3.78. The van der Waals surface area contributed by atoms with Crippen molar-refractivity contribution < 1.29 is 22.8 Å². The van der Waals surface area contributed by atoms with Crippen LogP contribution in [0.25, 0.3) is 0 Å². The first kappa shape index (κ1) is 16.5. The van der Waals surface area contributed by atoms with Gasteiger partial charge in [-0.1, -0.05) is 11.2 Å². The fourth-order valence-corrected chi connectivity index (χ4v) is 2.65. The van der Waals surface area contributed by atoms with Gasteiger partial charge in [0, 0.05) is 18.7 Å². The molecule has 1 aromatic carbocycles. The van der Waals surface area contributed by atoms with E-state index in [1.165, 1.54) is 6.07 Å². The molecule has 2 atom stereocenters. The highest BCUT2D eigenvalue weighted by Crippen LogP contribution is 2.29. The number of hydrogen-bond donors (Lipinski definition) is 2. The van der Waals surface area contributed by atoms with Gasteiger partial charge in [-0.2, -0.15) is 0 Å². The number of nitrogens with zero attached hydrogens (tertiary/aromatic N) is 1. The van der Waals surface area contributed by atoms with Crippen LogP contribution >= 0.6 is 0 Å². The smallest absolute Gasteiger partial charge is 0.239 e. The summed E-state index contributed by atoms with van der Waals surface area (Å²) < 4.78 is 36.9. The Hall–Kier alpha value is -2.32. The number of amides is 1. The number of aryl methyl sites for hydroxylation is 1. The summed E-state index contributed by atoms with van der Waals surface area (Å²) in [7, 11) is 0. The molecule has 0 spiro atoms. The van der Waals surface area contributed by atoms with Gasteiger partial charge in [-0.25, -0.2) is 8.78 Å². The van der Waals surface area contributed by atoms with Crippen molar-refractivity contribution in [1.82, 2.24) is 10.5 Å². The van der Waals surface area contributed by atoms with E-state index in [1.54, 1.807) is 13.0 Å².